The molecule has 3 N–H and O–H groups in total. The Labute approximate surface area is 266 Å². The maximum Gasteiger partial charge on any atom is 0.318 e. The van der Waals surface area contributed by atoms with Gasteiger partial charge in [-0.1, -0.05) is 13.0 Å². The van der Waals surface area contributed by atoms with Gasteiger partial charge in [0.2, 0.25) is 5.95 Å². The van der Waals surface area contributed by atoms with Gasteiger partial charge < -0.3 is 25.4 Å². The lowest BCUT2D eigenvalue weighted by atomic mass is 9.95. The summed E-state index contributed by atoms with van der Waals surface area (Å²) in [6.07, 6.45) is 3.54. The van der Waals surface area contributed by atoms with Gasteiger partial charge in [-0.15, -0.1) is 5.10 Å². The molecule has 46 heavy (non-hydrogen) atoms. The van der Waals surface area contributed by atoms with E-state index < -0.39 is 6.17 Å². The summed E-state index contributed by atoms with van der Waals surface area (Å²) in [5, 5.41) is 16.6. The maximum atomic E-state index is 15.0. The number of ether oxygens (including phenoxy) is 1. The van der Waals surface area contributed by atoms with Crippen LogP contribution >= 0.6 is 0 Å². The van der Waals surface area contributed by atoms with Crippen LogP contribution in [-0.4, -0.2) is 79.2 Å². The molecule has 2 atom stereocenters. The second-order valence-corrected chi connectivity index (χ2v) is 13.1. The molecule has 242 valence electrons. The van der Waals surface area contributed by atoms with E-state index in [1.807, 2.05) is 11.6 Å². The summed E-state index contributed by atoms with van der Waals surface area (Å²) in [4.78, 5) is 21.0. The van der Waals surface area contributed by atoms with E-state index in [1.165, 1.54) is 6.07 Å². The summed E-state index contributed by atoms with van der Waals surface area (Å²) in [5.74, 6) is 1.71. The molecule has 11 nitrogen and oxygen atoms in total. The van der Waals surface area contributed by atoms with Crippen molar-refractivity contribution >= 4 is 28.2 Å². The molecule has 6 heterocycles. The fraction of sp³-hybridized carbons (Fsp3) is 0.515. The highest BCUT2D eigenvalue weighted by Crippen LogP contribution is 2.42. The number of phenols is 1. The van der Waals surface area contributed by atoms with Crippen molar-refractivity contribution in [1.82, 2.24) is 29.6 Å². The SMILES string of the molecule is CCc1c(F)ccc2cc(O)cc(N3CCc4c(nc(OC[C@@]56CCCN5C[C@H](F)C6)nc4N4CCCn5nc(N)nc5C4)C3)c12. The minimum Gasteiger partial charge on any atom is -0.508 e. The van der Waals surface area contributed by atoms with Gasteiger partial charge >= 0.3 is 6.01 Å². The minimum atomic E-state index is -0.852. The highest BCUT2D eigenvalue weighted by atomic mass is 19.1. The number of benzene rings is 2. The van der Waals surface area contributed by atoms with Crippen molar-refractivity contribution in [1.29, 1.82) is 0 Å². The normalized spacial score (nSPS) is 23.0. The van der Waals surface area contributed by atoms with Gasteiger partial charge in [0.1, 0.15) is 36.0 Å². The van der Waals surface area contributed by atoms with Crippen LogP contribution in [0.5, 0.6) is 11.8 Å². The highest BCUT2D eigenvalue weighted by Gasteiger charge is 2.49. The first-order valence-corrected chi connectivity index (χ1v) is 16.3. The van der Waals surface area contributed by atoms with Crippen LogP contribution in [0.15, 0.2) is 24.3 Å². The summed E-state index contributed by atoms with van der Waals surface area (Å²) in [6, 6.07) is 6.86. The number of rotatable bonds is 6. The molecule has 2 fully saturated rings. The zero-order valence-corrected chi connectivity index (χ0v) is 26.1. The molecule has 4 aliphatic rings. The number of nitrogens with two attached hydrogens (primary N) is 1. The van der Waals surface area contributed by atoms with E-state index in [2.05, 4.69) is 24.8 Å². The van der Waals surface area contributed by atoms with E-state index >= 15 is 4.39 Å². The lowest BCUT2D eigenvalue weighted by Crippen LogP contribution is -2.43. The number of fused-ring (bicyclic) bond motifs is 4. The molecule has 0 saturated carbocycles. The molecule has 0 bridgehead atoms. The third-order valence-corrected chi connectivity index (χ3v) is 10.3. The first kappa shape index (κ1) is 29.2. The van der Waals surface area contributed by atoms with Crippen LogP contribution in [0.25, 0.3) is 10.8 Å². The maximum absolute atomic E-state index is 15.0. The summed E-state index contributed by atoms with van der Waals surface area (Å²) < 4.78 is 37.8. The standard InChI is InChI=1S/C33H39F2N9O2/c1-2-23-25(35)6-5-20-13-22(45)14-27(29(20)23)41-12-7-24-26(17-41)37-32(46-19-33-8-3-10-43(33)16-21(34)15-33)39-30(24)42-9-4-11-44-28(18-42)38-31(36)40-44/h5-6,13-14,21,45H,2-4,7-12,15-19H2,1H3,(H2,36,40)/t21-,33+/m1/s1. The summed E-state index contributed by atoms with van der Waals surface area (Å²) in [6.45, 7) is 6.62. The van der Waals surface area contributed by atoms with Crippen molar-refractivity contribution in [3.63, 3.8) is 0 Å². The Morgan fingerprint density at radius 2 is 1.96 bits per heavy atom. The molecule has 13 heteroatoms. The molecule has 0 amide bonds. The third-order valence-electron chi connectivity index (χ3n) is 10.3. The fourth-order valence-corrected chi connectivity index (χ4v) is 8.17. The molecule has 2 aromatic heterocycles. The predicted octanol–water partition coefficient (Wildman–Crippen LogP) is 4.14. The number of nitrogen functional groups attached to an aromatic ring is 1. The Bertz CT molecular complexity index is 1820. The minimum absolute atomic E-state index is 0.130. The van der Waals surface area contributed by atoms with Gasteiger partial charge in [0.25, 0.3) is 0 Å². The lowest BCUT2D eigenvalue weighted by molar-refractivity contribution is 0.107. The van der Waals surface area contributed by atoms with Gasteiger partial charge in [-0.3, -0.25) is 4.90 Å². The van der Waals surface area contributed by atoms with Crippen LogP contribution in [0.2, 0.25) is 0 Å². The summed E-state index contributed by atoms with van der Waals surface area (Å²) in [7, 11) is 0. The third kappa shape index (κ3) is 4.95. The fourth-order valence-electron chi connectivity index (χ4n) is 8.17. The Hall–Kier alpha value is -4.26. The van der Waals surface area contributed by atoms with Gasteiger partial charge in [0, 0.05) is 55.3 Å². The van der Waals surface area contributed by atoms with Crippen LogP contribution in [0.4, 0.5) is 26.2 Å². The number of aromatic hydroxyl groups is 1. The van der Waals surface area contributed by atoms with Gasteiger partial charge in [0.15, 0.2) is 0 Å². The van der Waals surface area contributed by atoms with Crippen LogP contribution in [0.1, 0.15) is 55.3 Å². The molecular formula is C33H39F2N9O2. The lowest BCUT2D eigenvalue weighted by Gasteiger charge is -2.35. The second kappa shape index (κ2) is 11.2. The molecule has 0 aliphatic carbocycles. The molecule has 2 aromatic carbocycles. The summed E-state index contributed by atoms with van der Waals surface area (Å²) >= 11 is 0. The number of phenolic OH excluding ortho intramolecular Hbond substituents is 1. The van der Waals surface area contributed by atoms with Gasteiger partial charge in [0.05, 0.1) is 24.3 Å². The smallest absolute Gasteiger partial charge is 0.318 e. The van der Waals surface area contributed by atoms with Crippen molar-refractivity contribution in [2.24, 2.45) is 0 Å². The van der Waals surface area contributed by atoms with E-state index in [9.17, 15) is 9.50 Å². The Morgan fingerprint density at radius 3 is 2.83 bits per heavy atom. The molecular weight excluding hydrogens is 592 g/mol. The number of anilines is 3. The van der Waals surface area contributed by atoms with Gasteiger partial charge in [-0.05, 0) is 61.7 Å². The van der Waals surface area contributed by atoms with Crippen LogP contribution in [0, 0.1) is 5.82 Å². The molecule has 8 rings (SSSR count). The molecule has 2 saturated heterocycles. The molecule has 4 aliphatic heterocycles. The first-order chi connectivity index (χ1) is 22.3. The largest absolute Gasteiger partial charge is 0.508 e. The molecule has 4 aromatic rings. The van der Waals surface area contributed by atoms with E-state index in [0.29, 0.717) is 64.2 Å². The molecule has 0 spiro atoms. The van der Waals surface area contributed by atoms with Crippen LogP contribution in [-0.2, 0) is 32.5 Å². The quantitative estimate of drug-likeness (QED) is 0.321. The second-order valence-electron chi connectivity index (χ2n) is 13.1. The van der Waals surface area contributed by atoms with E-state index in [-0.39, 0.29) is 29.1 Å². The van der Waals surface area contributed by atoms with Crippen molar-refractivity contribution in [2.75, 3.05) is 48.3 Å². The Kier molecular flexibility index (Phi) is 7.11. The molecule has 0 radical (unpaired) electrons. The average molecular weight is 632 g/mol. The summed E-state index contributed by atoms with van der Waals surface area (Å²) in [5.41, 5.74) is 8.86. The van der Waals surface area contributed by atoms with Crippen molar-refractivity contribution in [3.8, 4) is 11.8 Å². The monoisotopic (exact) mass is 631 g/mol. The van der Waals surface area contributed by atoms with E-state index in [1.54, 1.807) is 18.2 Å². The number of halogens is 2. The first-order valence-electron chi connectivity index (χ1n) is 16.3. The number of hydrogen-bond donors (Lipinski definition) is 2. The van der Waals surface area contributed by atoms with E-state index in [4.69, 9.17) is 20.4 Å². The number of alkyl halides is 1. The van der Waals surface area contributed by atoms with Crippen LogP contribution in [0.3, 0.4) is 0 Å². The van der Waals surface area contributed by atoms with Gasteiger partial charge in [-0.2, -0.15) is 15.0 Å². The number of nitrogens with zero attached hydrogens (tertiary/aromatic N) is 8. The zero-order chi connectivity index (χ0) is 31.6. The van der Waals surface area contributed by atoms with E-state index in [0.717, 1.165) is 71.7 Å². The van der Waals surface area contributed by atoms with Crippen molar-refractivity contribution in [3.05, 3.63) is 52.7 Å². The van der Waals surface area contributed by atoms with Gasteiger partial charge in [-0.25, -0.2) is 13.5 Å². The Balaban J connectivity index is 1.18. The average Bonchev–Trinajstić information content (AvgIpc) is 3.64. The molecule has 0 unspecified atom stereocenters. The number of aromatic nitrogens is 5. The number of hydrogen-bond acceptors (Lipinski definition) is 10. The van der Waals surface area contributed by atoms with Crippen LogP contribution < -0.4 is 20.3 Å². The topological polar surface area (TPSA) is 122 Å². The van der Waals surface area contributed by atoms with Crippen molar-refractivity contribution < 1.29 is 18.6 Å². The number of aryl methyl sites for hydroxylation is 2. The zero-order valence-electron chi connectivity index (χ0n) is 26.1. The predicted molar refractivity (Wildman–Crippen MR) is 170 cm³/mol. The van der Waals surface area contributed by atoms with Crippen molar-refractivity contribution in [2.45, 2.75) is 76.8 Å². The Morgan fingerprint density at radius 1 is 1.07 bits per heavy atom. The highest BCUT2D eigenvalue weighted by molar-refractivity contribution is 5.98.